The van der Waals surface area contributed by atoms with Gasteiger partial charge in [-0.2, -0.15) is 0 Å². The summed E-state index contributed by atoms with van der Waals surface area (Å²) in [5.41, 5.74) is 0.282. The molecule has 0 aromatic carbocycles. The highest BCUT2D eigenvalue weighted by molar-refractivity contribution is 5.94. The van der Waals surface area contributed by atoms with Gasteiger partial charge < -0.3 is 14.9 Å². The van der Waals surface area contributed by atoms with Crippen LogP contribution in [0, 0.1) is 0 Å². The van der Waals surface area contributed by atoms with Crippen LogP contribution in [-0.4, -0.2) is 41.1 Å². The summed E-state index contributed by atoms with van der Waals surface area (Å²) in [6.07, 6.45) is 3.45. The predicted octanol–water partition coefficient (Wildman–Crippen LogP) is 2.81. The van der Waals surface area contributed by atoms with Crippen LogP contribution < -0.4 is 0 Å². The molecule has 0 unspecified atom stereocenters. The lowest BCUT2D eigenvalue weighted by Crippen LogP contribution is -2.11. The molecule has 0 saturated heterocycles. The molecule has 22 heavy (non-hydrogen) atoms. The number of carbonyl (C=O) groups is 3. The van der Waals surface area contributed by atoms with Crippen LogP contribution in [-0.2, 0) is 19.1 Å². The molecule has 6 nitrogen and oxygen atoms in total. The van der Waals surface area contributed by atoms with E-state index in [4.69, 9.17) is 14.9 Å². The number of hydrogen-bond acceptors (Lipinski definition) is 4. The van der Waals surface area contributed by atoms with E-state index in [1.54, 1.807) is 0 Å². The lowest BCUT2D eigenvalue weighted by Gasteiger charge is -2.10. The predicted molar refractivity (Wildman–Crippen MR) is 81.8 cm³/mol. The number of aliphatic carboxylic acids is 2. The molecule has 0 atom stereocenters. The lowest BCUT2D eigenvalue weighted by molar-refractivity contribution is -0.139. The molecule has 0 radical (unpaired) electrons. The first-order valence-corrected chi connectivity index (χ1v) is 7.61. The number of unbranched alkanes of at least 4 members (excludes halogenated alkanes) is 3. The van der Waals surface area contributed by atoms with Gasteiger partial charge in [-0.3, -0.25) is 9.59 Å². The van der Waals surface area contributed by atoms with E-state index in [9.17, 15) is 14.4 Å². The molecule has 6 heteroatoms. The van der Waals surface area contributed by atoms with E-state index < -0.39 is 18.4 Å². The van der Waals surface area contributed by atoms with Gasteiger partial charge in [0.1, 0.15) is 5.78 Å². The summed E-state index contributed by atoms with van der Waals surface area (Å²) in [4.78, 5) is 33.3. The Kier molecular flexibility index (Phi) is 11.0. The number of carbonyl (C=O) groups excluding carboxylic acids is 1. The molecule has 0 saturated carbocycles. The van der Waals surface area contributed by atoms with Crippen LogP contribution in [0.3, 0.4) is 0 Å². The maximum absolute atomic E-state index is 11.3. The van der Waals surface area contributed by atoms with Crippen molar-refractivity contribution in [3.63, 3.8) is 0 Å². The second-order valence-corrected chi connectivity index (χ2v) is 5.20. The number of rotatable bonds is 13. The summed E-state index contributed by atoms with van der Waals surface area (Å²) >= 11 is 0. The van der Waals surface area contributed by atoms with Crippen molar-refractivity contribution >= 4 is 17.7 Å². The first kappa shape index (κ1) is 20.3. The fraction of sp³-hybridized carbons (Fsp3) is 0.688. The van der Waals surface area contributed by atoms with Crippen molar-refractivity contribution in [3.8, 4) is 0 Å². The summed E-state index contributed by atoms with van der Waals surface area (Å²) in [7, 11) is 0. The van der Waals surface area contributed by atoms with Crippen LogP contribution in [0.5, 0.6) is 0 Å². The van der Waals surface area contributed by atoms with Crippen LogP contribution in [0.15, 0.2) is 11.1 Å². The Bertz CT molecular complexity index is 411. The molecular formula is C16H26O6. The maximum atomic E-state index is 11.3. The summed E-state index contributed by atoms with van der Waals surface area (Å²) in [6.45, 7) is 4.73. The highest BCUT2D eigenvalue weighted by atomic mass is 16.5. The SMILES string of the molecule is CCOCCCCCCC(CC(C)=O)=C(CC(=O)O)C(=O)O. The van der Waals surface area contributed by atoms with Gasteiger partial charge in [0.15, 0.2) is 0 Å². The van der Waals surface area contributed by atoms with Crippen LogP contribution in [0.1, 0.15) is 58.8 Å². The molecule has 0 aromatic heterocycles. The van der Waals surface area contributed by atoms with E-state index in [-0.39, 0.29) is 17.8 Å². The highest BCUT2D eigenvalue weighted by Crippen LogP contribution is 2.21. The van der Waals surface area contributed by atoms with E-state index in [1.807, 2.05) is 6.92 Å². The van der Waals surface area contributed by atoms with E-state index >= 15 is 0 Å². The fourth-order valence-corrected chi connectivity index (χ4v) is 2.19. The molecule has 126 valence electrons. The van der Waals surface area contributed by atoms with Crippen molar-refractivity contribution in [1.29, 1.82) is 0 Å². The smallest absolute Gasteiger partial charge is 0.332 e. The average Bonchev–Trinajstić information content (AvgIpc) is 2.41. The van der Waals surface area contributed by atoms with Crippen LogP contribution in [0.25, 0.3) is 0 Å². The van der Waals surface area contributed by atoms with E-state index in [0.717, 1.165) is 25.7 Å². The van der Waals surface area contributed by atoms with Gasteiger partial charge in [-0.1, -0.05) is 18.4 Å². The minimum Gasteiger partial charge on any atom is -0.481 e. The second kappa shape index (κ2) is 11.9. The van der Waals surface area contributed by atoms with Crippen molar-refractivity contribution in [3.05, 3.63) is 11.1 Å². The Morgan fingerprint density at radius 1 is 0.955 bits per heavy atom. The minimum absolute atomic E-state index is 0.00780. The van der Waals surface area contributed by atoms with E-state index in [0.29, 0.717) is 25.2 Å². The summed E-state index contributed by atoms with van der Waals surface area (Å²) in [5.74, 6) is -2.61. The van der Waals surface area contributed by atoms with Gasteiger partial charge in [0.25, 0.3) is 0 Å². The molecule has 0 aliphatic rings. The van der Waals surface area contributed by atoms with E-state index in [1.165, 1.54) is 6.92 Å². The van der Waals surface area contributed by atoms with Crippen LogP contribution >= 0.6 is 0 Å². The number of Topliss-reactive ketones (excluding diaryl/α,β-unsaturated/α-hetero) is 1. The third-order valence-electron chi connectivity index (χ3n) is 3.20. The average molecular weight is 314 g/mol. The Hall–Kier alpha value is -1.69. The molecule has 0 bridgehead atoms. The molecule has 0 aliphatic carbocycles. The molecular weight excluding hydrogens is 288 g/mol. The third-order valence-corrected chi connectivity index (χ3v) is 3.20. The topological polar surface area (TPSA) is 101 Å². The molecule has 0 amide bonds. The molecule has 0 fully saturated rings. The second-order valence-electron chi connectivity index (χ2n) is 5.20. The Morgan fingerprint density at radius 3 is 2.09 bits per heavy atom. The first-order valence-electron chi connectivity index (χ1n) is 7.61. The Labute approximate surface area is 131 Å². The van der Waals surface area contributed by atoms with Crippen molar-refractivity contribution in [2.45, 2.75) is 58.8 Å². The number of allylic oxidation sites excluding steroid dienone is 1. The number of hydrogen-bond donors (Lipinski definition) is 2. The Morgan fingerprint density at radius 2 is 1.59 bits per heavy atom. The number of carboxylic acids is 2. The molecule has 2 N–H and O–H groups in total. The van der Waals surface area contributed by atoms with Crippen molar-refractivity contribution in [2.75, 3.05) is 13.2 Å². The fourth-order valence-electron chi connectivity index (χ4n) is 2.19. The number of carboxylic acid groups (broad SMARTS) is 2. The molecule has 0 rings (SSSR count). The van der Waals surface area contributed by atoms with Gasteiger partial charge in [0.2, 0.25) is 0 Å². The van der Waals surface area contributed by atoms with Gasteiger partial charge in [-0.25, -0.2) is 4.79 Å². The monoisotopic (exact) mass is 314 g/mol. The van der Waals surface area contributed by atoms with Crippen LogP contribution in [0.4, 0.5) is 0 Å². The van der Waals surface area contributed by atoms with Gasteiger partial charge in [-0.05, 0) is 33.1 Å². The lowest BCUT2D eigenvalue weighted by atomic mass is 9.95. The van der Waals surface area contributed by atoms with Gasteiger partial charge in [0.05, 0.1) is 6.42 Å². The Balaban J connectivity index is 4.58. The molecule has 0 aromatic rings. The minimum atomic E-state index is -1.25. The zero-order valence-electron chi connectivity index (χ0n) is 13.4. The number of ether oxygens (including phenoxy) is 1. The number of ketones is 1. The van der Waals surface area contributed by atoms with Gasteiger partial charge in [-0.15, -0.1) is 0 Å². The molecule has 0 aliphatic heterocycles. The van der Waals surface area contributed by atoms with Crippen molar-refractivity contribution in [1.82, 2.24) is 0 Å². The summed E-state index contributed by atoms with van der Waals surface area (Å²) in [5, 5.41) is 18.0. The summed E-state index contributed by atoms with van der Waals surface area (Å²) in [6, 6.07) is 0. The van der Waals surface area contributed by atoms with Crippen molar-refractivity contribution in [2.24, 2.45) is 0 Å². The first-order chi connectivity index (χ1) is 10.4. The largest absolute Gasteiger partial charge is 0.481 e. The molecule has 0 heterocycles. The highest BCUT2D eigenvalue weighted by Gasteiger charge is 2.18. The zero-order chi connectivity index (χ0) is 17.0. The zero-order valence-corrected chi connectivity index (χ0v) is 13.4. The standard InChI is InChI=1S/C16H26O6/c1-3-22-9-7-5-4-6-8-13(10-12(2)17)14(16(20)21)11-15(18)19/h3-11H2,1-2H3,(H,18,19)(H,20,21). The van der Waals surface area contributed by atoms with E-state index in [2.05, 4.69) is 0 Å². The maximum Gasteiger partial charge on any atom is 0.332 e. The van der Waals surface area contributed by atoms with Crippen LogP contribution in [0.2, 0.25) is 0 Å². The third kappa shape index (κ3) is 10.1. The normalized spacial score (nSPS) is 11.9. The quantitative estimate of drug-likeness (QED) is 0.400. The molecule has 0 spiro atoms. The van der Waals surface area contributed by atoms with Gasteiger partial charge in [0, 0.05) is 25.2 Å². The van der Waals surface area contributed by atoms with Gasteiger partial charge >= 0.3 is 11.9 Å². The summed E-state index contributed by atoms with van der Waals surface area (Å²) < 4.78 is 5.23. The van der Waals surface area contributed by atoms with Crippen molar-refractivity contribution < 1.29 is 29.3 Å².